The lowest BCUT2D eigenvalue weighted by Gasteiger charge is -2.32. The van der Waals surface area contributed by atoms with Gasteiger partial charge in [0.2, 0.25) is 5.91 Å². The summed E-state index contributed by atoms with van der Waals surface area (Å²) in [5.41, 5.74) is 1.70. The van der Waals surface area contributed by atoms with Crippen molar-refractivity contribution < 1.29 is 23.6 Å². The monoisotopic (exact) mass is 492 g/mol. The van der Waals surface area contributed by atoms with E-state index >= 15 is 0 Å². The lowest BCUT2D eigenvalue weighted by molar-refractivity contribution is -0.132. The molecule has 0 atom stereocenters. The fourth-order valence-electron chi connectivity index (χ4n) is 5.51. The second-order valence-electron chi connectivity index (χ2n) is 9.69. The van der Waals surface area contributed by atoms with Crippen molar-refractivity contribution in [3.63, 3.8) is 0 Å². The van der Waals surface area contributed by atoms with Crippen molar-refractivity contribution in [2.45, 2.75) is 56.9 Å². The molecule has 8 nitrogen and oxygen atoms in total. The first-order valence-electron chi connectivity index (χ1n) is 12.5. The van der Waals surface area contributed by atoms with Crippen LogP contribution in [0.25, 0.3) is 0 Å². The molecule has 0 unspecified atom stereocenters. The molecule has 1 saturated heterocycles. The predicted octanol–water partition coefficient (Wildman–Crippen LogP) is 4.00. The summed E-state index contributed by atoms with van der Waals surface area (Å²) in [5.74, 6) is -1.17. The smallest absolute Gasteiger partial charge is 0.323 e. The number of nitrogens with one attached hydrogen (secondary N) is 2. The minimum atomic E-state index is -0.798. The highest BCUT2D eigenvalue weighted by molar-refractivity contribution is 6.08. The maximum absolute atomic E-state index is 13.2. The lowest BCUT2D eigenvalue weighted by atomic mass is 9.82. The van der Waals surface area contributed by atoms with Gasteiger partial charge >= 0.3 is 6.03 Å². The number of imide groups is 1. The topological polar surface area (TPSA) is 98.8 Å². The van der Waals surface area contributed by atoms with E-state index in [1.807, 2.05) is 6.07 Å². The van der Waals surface area contributed by atoms with Gasteiger partial charge in [0.05, 0.1) is 0 Å². The van der Waals surface area contributed by atoms with Gasteiger partial charge in [-0.2, -0.15) is 0 Å². The molecule has 1 aliphatic carbocycles. The number of carbonyl (C=O) groups excluding carboxylic acids is 4. The molecule has 0 bridgehead atoms. The normalized spacial score (nSPS) is 18.7. The first-order chi connectivity index (χ1) is 17.4. The van der Waals surface area contributed by atoms with Crippen molar-refractivity contribution in [1.29, 1.82) is 0 Å². The average Bonchev–Trinajstić information content (AvgIpc) is 3.11. The molecule has 2 aliphatic heterocycles. The summed E-state index contributed by atoms with van der Waals surface area (Å²) in [6, 6.07) is 10.3. The number of fused-ring (bicyclic) bond motifs is 1. The van der Waals surface area contributed by atoms with Gasteiger partial charge in [0.15, 0.2) is 0 Å². The van der Waals surface area contributed by atoms with Crippen LogP contribution in [0.5, 0.6) is 0 Å². The van der Waals surface area contributed by atoms with Crippen molar-refractivity contribution in [2.24, 2.45) is 0 Å². The van der Waals surface area contributed by atoms with Crippen LogP contribution in [0.4, 0.5) is 20.6 Å². The molecular formula is C27H29FN4O4. The number of halogens is 1. The minimum absolute atomic E-state index is 0.0286. The number of nitrogens with zero attached hydrogens (tertiary/aromatic N) is 2. The summed E-state index contributed by atoms with van der Waals surface area (Å²) in [4.78, 5) is 54.3. The molecule has 0 aromatic heterocycles. The molecule has 1 saturated carbocycles. The van der Waals surface area contributed by atoms with E-state index in [9.17, 15) is 23.6 Å². The number of carbonyl (C=O) groups is 4. The second kappa shape index (κ2) is 9.72. The van der Waals surface area contributed by atoms with Crippen molar-refractivity contribution in [1.82, 2.24) is 10.2 Å². The Balaban J connectivity index is 1.27. The van der Waals surface area contributed by atoms with E-state index in [1.54, 1.807) is 17.0 Å². The Morgan fingerprint density at radius 3 is 2.50 bits per heavy atom. The average molecular weight is 493 g/mol. The van der Waals surface area contributed by atoms with Crippen LogP contribution in [0.2, 0.25) is 0 Å². The van der Waals surface area contributed by atoms with E-state index in [-0.39, 0.29) is 30.7 Å². The van der Waals surface area contributed by atoms with Crippen LogP contribution in [0.15, 0.2) is 42.5 Å². The van der Waals surface area contributed by atoms with Gasteiger partial charge in [-0.1, -0.05) is 25.3 Å². The molecule has 2 aromatic rings. The van der Waals surface area contributed by atoms with Gasteiger partial charge in [-0.3, -0.25) is 19.3 Å². The summed E-state index contributed by atoms with van der Waals surface area (Å²) in [7, 11) is 0. The first-order valence-corrected chi connectivity index (χ1v) is 12.5. The van der Waals surface area contributed by atoms with Crippen LogP contribution in [-0.4, -0.2) is 47.3 Å². The summed E-state index contributed by atoms with van der Waals surface area (Å²) in [5, 5.41) is 5.76. The van der Waals surface area contributed by atoms with Crippen LogP contribution in [0.3, 0.4) is 0 Å². The molecule has 5 rings (SSSR count). The highest BCUT2D eigenvalue weighted by Crippen LogP contribution is 2.35. The number of benzene rings is 2. The molecule has 2 N–H and O–H groups in total. The molecule has 3 aliphatic rings. The van der Waals surface area contributed by atoms with Crippen LogP contribution in [0.1, 0.15) is 60.9 Å². The Bertz CT molecular complexity index is 1210. The Morgan fingerprint density at radius 2 is 1.75 bits per heavy atom. The largest absolute Gasteiger partial charge is 0.325 e. The van der Waals surface area contributed by atoms with Gasteiger partial charge in [-0.25, -0.2) is 9.18 Å². The first kappa shape index (κ1) is 24.0. The summed E-state index contributed by atoms with van der Waals surface area (Å²) < 4.78 is 13.2. The Labute approximate surface area is 208 Å². The van der Waals surface area contributed by atoms with E-state index in [1.165, 1.54) is 29.2 Å². The molecular weight excluding hydrogens is 463 g/mol. The number of rotatable bonds is 5. The zero-order valence-corrected chi connectivity index (χ0v) is 20.0. The molecule has 1 spiro atoms. The van der Waals surface area contributed by atoms with Crippen molar-refractivity contribution in [2.75, 3.05) is 23.3 Å². The van der Waals surface area contributed by atoms with Crippen LogP contribution in [-0.2, 0) is 16.0 Å². The summed E-state index contributed by atoms with van der Waals surface area (Å²) in [6.07, 6.45) is 5.60. The van der Waals surface area contributed by atoms with Crippen LogP contribution >= 0.6 is 0 Å². The fraction of sp³-hybridized carbons (Fsp3) is 0.407. The molecule has 5 amide bonds. The molecule has 2 heterocycles. The summed E-state index contributed by atoms with van der Waals surface area (Å²) >= 11 is 0. The number of amides is 5. The van der Waals surface area contributed by atoms with E-state index in [0.717, 1.165) is 24.8 Å². The number of urea groups is 1. The van der Waals surface area contributed by atoms with Gasteiger partial charge in [-0.05, 0) is 67.6 Å². The van der Waals surface area contributed by atoms with E-state index in [4.69, 9.17) is 0 Å². The minimum Gasteiger partial charge on any atom is -0.323 e. The van der Waals surface area contributed by atoms with Gasteiger partial charge in [0.25, 0.3) is 11.8 Å². The number of anilines is 2. The van der Waals surface area contributed by atoms with Crippen LogP contribution < -0.4 is 15.5 Å². The maximum atomic E-state index is 13.2. The number of hydrogen-bond acceptors (Lipinski definition) is 4. The Kier molecular flexibility index (Phi) is 6.47. The molecule has 2 fully saturated rings. The van der Waals surface area contributed by atoms with Crippen molar-refractivity contribution >= 4 is 35.1 Å². The fourth-order valence-corrected chi connectivity index (χ4v) is 5.51. The van der Waals surface area contributed by atoms with E-state index in [0.29, 0.717) is 49.2 Å². The van der Waals surface area contributed by atoms with Gasteiger partial charge < -0.3 is 15.5 Å². The second-order valence-corrected chi connectivity index (χ2v) is 9.69. The predicted molar refractivity (Wildman–Crippen MR) is 132 cm³/mol. The Morgan fingerprint density at radius 1 is 1.00 bits per heavy atom. The van der Waals surface area contributed by atoms with Gasteiger partial charge in [0.1, 0.15) is 11.4 Å². The SMILES string of the molecule is O=C(Nc1cccc2c1CCCN2C(=O)CCN1C(=O)NC2(CCCCC2)C1=O)c1ccc(F)cc1. The molecule has 188 valence electrons. The van der Waals surface area contributed by atoms with Gasteiger partial charge in [-0.15, -0.1) is 0 Å². The zero-order chi connectivity index (χ0) is 25.3. The lowest BCUT2D eigenvalue weighted by Crippen LogP contribution is -2.48. The zero-order valence-electron chi connectivity index (χ0n) is 20.0. The summed E-state index contributed by atoms with van der Waals surface area (Å²) in [6.45, 7) is 0.559. The van der Waals surface area contributed by atoms with Crippen molar-refractivity contribution in [3.8, 4) is 0 Å². The molecule has 2 aromatic carbocycles. The van der Waals surface area contributed by atoms with Crippen LogP contribution in [0, 0.1) is 5.82 Å². The standard InChI is InChI=1S/C27H29FN4O4/c28-19-11-9-18(10-12-19)24(34)29-21-7-4-8-22-20(21)6-5-16-31(22)23(33)13-17-32-25(35)27(30-26(32)36)14-2-1-3-15-27/h4,7-12H,1-3,5-6,13-17H2,(H,29,34)(H,30,36). The van der Waals surface area contributed by atoms with E-state index < -0.39 is 17.4 Å². The van der Waals surface area contributed by atoms with Gasteiger partial charge in [0, 0.05) is 36.4 Å². The van der Waals surface area contributed by atoms with E-state index in [2.05, 4.69) is 10.6 Å². The van der Waals surface area contributed by atoms with Crippen molar-refractivity contribution in [3.05, 3.63) is 59.4 Å². The third-order valence-electron chi connectivity index (χ3n) is 7.41. The quantitative estimate of drug-likeness (QED) is 0.617. The highest BCUT2D eigenvalue weighted by atomic mass is 19.1. The third kappa shape index (κ3) is 4.45. The number of hydrogen-bond donors (Lipinski definition) is 2. The molecule has 0 radical (unpaired) electrons. The highest BCUT2D eigenvalue weighted by Gasteiger charge is 2.51. The third-order valence-corrected chi connectivity index (χ3v) is 7.41. The molecule has 36 heavy (non-hydrogen) atoms. The Hall–Kier alpha value is -3.75. The maximum Gasteiger partial charge on any atom is 0.325 e. The molecule has 9 heteroatoms.